The normalized spacial score (nSPS) is 12.5. The van der Waals surface area contributed by atoms with Crippen LogP contribution in [0.15, 0.2) is 54.6 Å². The van der Waals surface area contributed by atoms with E-state index >= 15 is 0 Å². The predicted octanol–water partition coefficient (Wildman–Crippen LogP) is 7.26. The van der Waals surface area contributed by atoms with E-state index in [1.54, 1.807) is 0 Å². The minimum Gasteiger partial charge on any atom is -0.374 e. The van der Waals surface area contributed by atoms with Crippen molar-refractivity contribution in [1.29, 1.82) is 0 Å². The molecule has 0 aliphatic rings. The van der Waals surface area contributed by atoms with Gasteiger partial charge in [0.05, 0.1) is 0 Å². The van der Waals surface area contributed by atoms with Crippen LogP contribution in [0.1, 0.15) is 32.8 Å². The van der Waals surface area contributed by atoms with Crippen molar-refractivity contribution in [3.8, 4) is 0 Å². The van der Waals surface area contributed by atoms with Crippen LogP contribution >= 0.6 is 11.8 Å². The largest absolute Gasteiger partial charge is 0.500 e. The maximum Gasteiger partial charge on any atom is 0.500 e. The molecule has 31 heavy (non-hydrogen) atoms. The van der Waals surface area contributed by atoms with Crippen LogP contribution in [0.4, 0.5) is 0 Å². The molecule has 0 aliphatic heterocycles. The van der Waals surface area contributed by atoms with E-state index in [4.69, 9.17) is 13.3 Å². The molecule has 3 nitrogen and oxygen atoms in total. The monoisotopic (exact) mass is 452 g/mol. The first-order valence-electron chi connectivity index (χ1n) is 11.4. The maximum atomic E-state index is 5.97. The molecular formula is C26H32O3SSi. The van der Waals surface area contributed by atoms with Crippen LogP contribution in [-0.2, 0) is 19.0 Å². The molecule has 4 aromatic rings. The van der Waals surface area contributed by atoms with Crippen LogP contribution in [0.3, 0.4) is 0 Å². The van der Waals surface area contributed by atoms with Gasteiger partial charge in [-0.1, -0.05) is 54.6 Å². The maximum absolute atomic E-state index is 5.97. The van der Waals surface area contributed by atoms with Gasteiger partial charge in [-0.3, -0.25) is 0 Å². The Morgan fingerprint density at radius 3 is 1.77 bits per heavy atom. The first-order chi connectivity index (χ1) is 15.2. The molecule has 0 saturated carbocycles. The Bertz CT molecular complexity index is 1050. The number of hydrogen-bond donors (Lipinski definition) is 0. The summed E-state index contributed by atoms with van der Waals surface area (Å²) in [5.74, 6) is 2.09. The van der Waals surface area contributed by atoms with Gasteiger partial charge in [0.2, 0.25) is 0 Å². The van der Waals surface area contributed by atoms with E-state index in [1.165, 1.54) is 37.9 Å². The van der Waals surface area contributed by atoms with Crippen LogP contribution in [-0.4, -0.2) is 34.4 Å². The van der Waals surface area contributed by atoms with Gasteiger partial charge in [0, 0.05) is 31.6 Å². The average Bonchev–Trinajstić information content (AvgIpc) is 2.78. The van der Waals surface area contributed by atoms with Crippen LogP contribution < -0.4 is 0 Å². The lowest BCUT2D eigenvalue weighted by molar-refractivity contribution is 0.0712. The first kappa shape index (κ1) is 22.6. The minimum absolute atomic E-state index is 0.642. The van der Waals surface area contributed by atoms with Crippen molar-refractivity contribution in [3.63, 3.8) is 0 Å². The Kier molecular flexibility index (Phi) is 7.51. The fraction of sp³-hybridized carbons (Fsp3) is 0.385. The quantitative estimate of drug-likeness (QED) is 0.128. The summed E-state index contributed by atoms with van der Waals surface area (Å²) in [5.41, 5.74) is 1.39. The second-order valence-corrected chi connectivity index (χ2v) is 11.6. The van der Waals surface area contributed by atoms with Crippen molar-refractivity contribution in [2.75, 3.05) is 25.6 Å². The highest BCUT2D eigenvalue weighted by Gasteiger charge is 2.39. The first-order valence-corrected chi connectivity index (χ1v) is 14.4. The second-order valence-electron chi connectivity index (χ2n) is 7.77. The van der Waals surface area contributed by atoms with E-state index < -0.39 is 8.80 Å². The lowest BCUT2D eigenvalue weighted by Crippen LogP contribution is -2.46. The molecule has 0 fully saturated rings. The average molecular weight is 453 g/mol. The standard InChI is InChI=1S/C26H32O3SSi/c1-4-27-31(28-5-2,29-6-3)16-8-15-30-19-20-17-23-13-11-21-9-7-10-22-12-14-24(18-20)26(23)25(21)22/h7,9-14,17-18H,4-6,8,15-16,19H2,1-3H3. The van der Waals surface area contributed by atoms with Crippen molar-refractivity contribution in [1.82, 2.24) is 0 Å². The fourth-order valence-electron chi connectivity index (χ4n) is 4.48. The molecule has 0 aromatic heterocycles. The molecular weight excluding hydrogens is 420 g/mol. The third-order valence-corrected chi connectivity index (χ3v) is 9.92. The van der Waals surface area contributed by atoms with Crippen molar-refractivity contribution in [3.05, 3.63) is 60.2 Å². The van der Waals surface area contributed by atoms with Crippen molar-refractivity contribution in [2.24, 2.45) is 0 Å². The molecule has 5 heteroatoms. The molecule has 4 rings (SSSR count). The summed E-state index contributed by atoms with van der Waals surface area (Å²) >= 11 is 1.98. The molecule has 0 unspecified atom stereocenters. The Morgan fingerprint density at radius 1 is 0.710 bits per heavy atom. The van der Waals surface area contributed by atoms with E-state index in [1.807, 2.05) is 32.5 Å². The molecule has 0 spiro atoms. The summed E-state index contributed by atoms with van der Waals surface area (Å²) in [6.45, 7) is 7.97. The molecule has 0 atom stereocenters. The van der Waals surface area contributed by atoms with Gasteiger partial charge in [-0.15, -0.1) is 0 Å². The summed E-state index contributed by atoms with van der Waals surface area (Å²) in [6.07, 6.45) is 1.05. The highest BCUT2D eigenvalue weighted by Crippen LogP contribution is 2.35. The van der Waals surface area contributed by atoms with Crippen LogP contribution in [0.25, 0.3) is 32.3 Å². The van der Waals surface area contributed by atoms with Gasteiger partial charge in [-0.25, -0.2) is 0 Å². The highest BCUT2D eigenvalue weighted by atomic mass is 32.2. The van der Waals surface area contributed by atoms with Crippen LogP contribution in [0, 0.1) is 0 Å². The van der Waals surface area contributed by atoms with Gasteiger partial charge in [0.25, 0.3) is 0 Å². The zero-order valence-electron chi connectivity index (χ0n) is 18.8. The SMILES string of the molecule is CCO[Si](CCCSCc1cc2ccc3cccc4ccc(c1)c2c34)(OCC)OCC. The van der Waals surface area contributed by atoms with Gasteiger partial charge in [-0.2, -0.15) is 11.8 Å². The van der Waals surface area contributed by atoms with E-state index in [2.05, 4.69) is 54.6 Å². The molecule has 0 heterocycles. The number of hydrogen-bond acceptors (Lipinski definition) is 4. The zero-order valence-corrected chi connectivity index (χ0v) is 20.6. The van der Waals surface area contributed by atoms with Crippen molar-refractivity contribution >= 4 is 52.9 Å². The molecule has 4 aromatic carbocycles. The molecule has 0 bridgehead atoms. The van der Waals surface area contributed by atoms with Gasteiger partial charge in [0.15, 0.2) is 0 Å². The fourth-order valence-corrected chi connectivity index (χ4v) is 8.25. The molecule has 164 valence electrons. The Morgan fingerprint density at radius 2 is 1.23 bits per heavy atom. The van der Waals surface area contributed by atoms with Gasteiger partial charge in [-0.05, 0) is 70.8 Å². The lowest BCUT2D eigenvalue weighted by Gasteiger charge is -2.28. The number of rotatable bonds is 12. The van der Waals surface area contributed by atoms with Crippen molar-refractivity contribution in [2.45, 2.75) is 39.0 Å². The topological polar surface area (TPSA) is 27.7 Å². The summed E-state index contributed by atoms with van der Waals surface area (Å²) in [7, 11) is -2.52. The highest BCUT2D eigenvalue weighted by molar-refractivity contribution is 7.98. The van der Waals surface area contributed by atoms with Crippen molar-refractivity contribution < 1.29 is 13.3 Å². The van der Waals surface area contributed by atoms with Crippen LogP contribution in [0.5, 0.6) is 0 Å². The summed E-state index contributed by atoms with van der Waals surface area (Å²) in [4.78, 5) is 0. The molecule has 0 amide bonds. The van der Waals surface area contributed by atoms with Crippen LogP contribution in [0.2, 0.25) is 6.04 Å². The van der Waals surface area contributed by atoms with E-state index in [0.29, 0.717) is 19.8 Å². The van der Waals surface area contributed by atoms with Gasteiger partial charge in [0.1, 0.15) is 0 Å². The lowest BCUT2D eigenvalue weighted by atomic mass is 9.93. The predicted molar refractivity (Wildman–Crippen MR) is 136 cm³/mol. The summed E-state index contributed by atoms with van der Waals surface area (Å²) in [6, 6.07) is 21.2. The minimum atomic E-state index is -2.52. The Hall–Kier alpha value is -1.63. The smallest absolute Gasteiger partial charge is 0.374 e. The number of benzene rings is 4. The number of thioether (sulfide) groups is 1. The molecule has 0 saturated heterocycles. The van der Waals surface area contributed by atoms with E-state index in [-0.39, 0.29) is 0 Å². The van der Waals surface area contributed by atoms with Gasteiger partial charge >= 0.3 is 8.80 Å². The Balaban J connectivity index is 1.42. The third-order valence-electron chi connectivity index (χ3n) is 5.66. The molecule has 0 aliphatic carbocycles. The third kappa shape index (κ3) is 4.91. The van der Waals surface area contributed by atoms with E-state index in [0.717, 1.165) is 24.0 Å². The van der Waals surface area contributed by atoms with E-state index in [9.17, 15) is 0 Å². The second kappa shape index (κ2) is 10.3. The summed E-state index contributed by atoms with van der Waals surface area (Å²) in [5, 5.41) is 8.11. The molecule has 0 radical (unpaired) electrons. The zero-order chi connectivity index (χ0) is 21.7. The molecule has 0 N–H and O–H groups in total. The summed E-state index contributed by atoms with van der Waals surface area (Å²) < 4.78 is 17.9. The van der Waals surface area contributed by atoms with Gasteiger partial charge < -0.3 is 13.3 Å². The Labute approximate surface area is 190 Å².